The topological polar surface area (TPSA) is 63.6 Å². The van der Waals surface area contributed by atoms with Crippen LogP contribution in [0.5, 0.6) is 0 Å². The molecule has 6 heteroatoms. The zero-order chi connectivity index (χ0) is 23.8. The number of benzene rings is 1. The molecule has 4 fully saturated rings. The van der Waals surface area contributed by atoms with Crippen LogP contribution in [0.1, 0.15) is 88.9 Å². The molecule has 33 heavy (non-hydrogen) atoms. The number of carbonyl (C=O) groups is 2. The molecule has 4 nitrogen and oxygen atoms in total. The number of hydrogen-bond donors (Lipinski definition) is 1. The summed E-state index contributed by atoms with van der Waals surface area (Å²) in [5.74, 6) is -0.388. The van der Waals surface area contributed by atoms with Gasteiger partial charge in [0.15, 0.2) is 0 Å². The Morgan fingerprint density at radius 2 is 1.67 bits per heavy atom. The predicted molar refractivity (Wildman–Crippen MR) is 129 cm³/mol. The van der Waals surface area contributed by atoms with Crippen molar-refractivity contribution in [2.75, 3.05) is 0 Å². The van der Waals surface area contributed by atoms with Crippen molar-refractivity contribution in [3.63, 3.8) is 0 Å². The molecule has 0 amide bonds. The Morgan fingerprint density at radius 3 is 2.33 bits per heavy atom. The Hall–Kier alpha value is -1.26. The van der Waals surface area contributed by atoms with Crippen LogP contribution in [0.15, 0.2) is 18.2 Å². The summed E-state index contributed by atoms with van der Waals surface area (Å²) in [6.45, 7) is 6.62. The molecule has 1 aromatic rings. The van der Waals surface area contributed by atoms with Gasteiger partial charge in [-0.15, -0.1) is 0 Å². The highest BCUT2D eigenvalue weighted by molar-refractivity contribution is 6.39. The first-order valence-corrected chi connectivity index (χ1v) is 13.1. The Labute approximate surface area is 206 Å². The van der Waals surface area contributed by atoms with E-state index in [1.54, 1.807) is 18.2 Å². The van der Waals surface area contributed by atoms with E-state index in [0.29, 0.717) is 16.0 Å². The summed E-state index contributed by atoms with van der Waals surface area (Å²) in [6.07, 6.45) is 8.64. The lowest BCUT2D eigenvalue weighted by Crippen LogP contribution is -2.58. The second-order valence-corrected chi connectivity index (χ2v) is 13.0. The van der Waals surface area contributed by atoms with Gasteiger partial charge in [-0.25, -0.2) is 4.79 Å². The lowest BCUT2D eigenvalue weighted by Gasteiger charge is -2.63. The van der Waals surface area contributed by atoms with E-state index in [4.69, 9.17) is 27.9 Å². The summed E-state index contributed by atoms with van der Waals surface area (Å²) in [6, 6.07) is 5.05. The highest BCUT2D eigenvalue weighted by Gasteiger charge is 2.68. The van der Waals surface area contributed by atoms with Crippen molar-refractivity contribution in [1.29, 1.82) is 0 Å². The second kappa shape index (κ2) is 7.62. The number of hydrogen-bond acceptors (Lipinski definition) is 3. The van der Waals surface area contributed by atoms with E-state index >= 15 is 0 Å². The van der Waals surface area contributed by atoms with Crippen LogP contribution in [0.2, 0.25) is 10.0 Å². The van der Waals surface area contributed by atoms with Gasteiger partial charge >= 0.3 is 11.9 Å². The summed E-state index contributed by atoms with van der Waals surface area (Å²) < 4.78 is 6.17. The van der Waals surface area contributed by atoms with Gasteiger partial charge in [0, 0.05) is 5.41 Å². The van der Waals surface area contributed by atoms with E-state index in [2.05, 4.69) is 13.8 Å². The minimum Gasteiger partial charge on any atom is -0.481 e. The number of carboxylic acid groups (broad SMARTS) is 1. The fourth-order valence-corrected chi connectivity index (χ4v) is 9.58. The first-order valence-electron chi connectivity index (χ1n) is 12.3. The molecule has 7 atom stereocenters. The molecule has 0 aromatic heterocycles. The number of carbonyl (C=O) groups excluding carboxylic acids is 1. The average Bonchev–Trinajstić information content (AvgIpc) is 2.92. The first-order chi connectivity index (χ1) is 15.5. The van der Waals surface area contributed by atoms with E-state index in [1.165, 1.54) is 0 Å². The molecule has 0 aliphatic heterocycles. The van der Waals surface area contributed by atoms with Crippen LogP contribution in [-0.4, -0.2) is 23.1 Å². The van der Waals surface area contributed by atoms with E-state index in [9.17, 15) is 14.7 Å². The fraction of sp³-hybridized carbons (Fsp3) is 0.704. The van der Waals surface area contributed by atoms with Crippen molar-refractivity contribution in [2.24, 2.45) is 33.5 Å². The molecule has 1 aromatic carbocycles. The van der Waals surface area contributed by atoms with Gasteiger partial charge < -0.3 is 9.84 Å². The number of fused-ring (bicyclic) bond motifs is 3. The van der Waals surface area contributed by atoms with E-state index in [-0.39, 0.29) is 33.8 Å². The Bertz CT molecular complexity index is 990. The van der Waals surface area contributed by atoms with Crippen molar-refractivity contribution >= 4 is 35.1 Å². The zero-order valence-corrected chi connectivity index (χ0v) is 21.3. The van der Waals surface area contributed by atoms with Crippen LogP contribution in [0.4, 0.5) is 0 Å². The van der Waals surface area contributed by atoms with Crippen LogP contribution in [0.25, 0.3) is 0 Å². The van der Waals surface area contributed by atoms with E-state index in [1.807, 2.05) is 6.92 Å². The number of rotatable bonds is 3. The molecule has 4 saturated carbocycles. The summed E-state index contributed by atoms with van der Waals surface area (Å²) in [7, 11) is 0. The van der Waals surface area contributed by atoms with E-state index in [0.717, 1.165) is 57.8 Å². The van der Waals surface area contributed by atoms with Crippen molar-refractivity contribution in [1.82, 2.24) is 0 Å². The summed E-state index contributed by atoms with van der Waals surface area (Å²) in [5, 5.41) is 10.8. The lowest BCUT2D eigenvalue weighted by molar-refractivity contribution is -0.182. The standard InChI is InChI=1S/C27H34Cl2O4/c1-24-12-8-19-25(2)10-5-11-26(3,23(31)32)18(25)9-13-27(19,15-24)14-20(24)33-22(30)21-16(28)6-4-7-17(21)29/h4,6-7,18-20H,5,8-15H2,1-3H3,(H,31,32)/t18-,19-,20?,24-,25+,26+,27-/m0/s1. The Balaban J connectivity index is 1.44. The van der Waals surface area contributed by atoms with Gasteiger partial charge in [-0.3, -0.25) is 4.79 Å². The van der Waals surface area contributed by atoms with Gasteiger partial charge in [0.25, 0.3) is 0 Å². The van der Waals surface area contributed by atoms with Gasteiger partial charge in [-0.1, -0.05) is 49.5 Å². The van der Waals surface area contributed by atoms with Crippen LogP contribution in [0, 0.1) is 33.5 Å². The lowest BCUT2D eigenvalue weighted by atomic mass is 9.40. The molecular formula is C27H34Cl2O4. The van der Waals surface area contributed by atoms with Gasteiger partial charge in [-0.2, -0.15) is 0 Å². The predicted octanol–water partition coefficient (Wildman–Crippen LogP) is 7.41. The summed E-state index contributed by atoms with van der Waals surface area (Å²) >= 11 is 12.6. The summed E-state index contributed by atoms with van der Waals surface area (Å²) in [5.41, 5.74) is -0.311. The van der Waals surface area contributed by atoms with Gasteiger partial charge in [0.1, 0.15) is 6.10 Å². The third-order valence-electron chi connectivity index (χ3n) is 10.5. The normalized spacial score (nSPS) is 44.0. The monoisotopic (exact) mass is 492 g/mol. The molecule has 1 spiro atoms. The Kier molecular flexibility index (Phi) is 5.42. The third-order valence-corrected chi connectivity index (χ3v) is 11.1. The maximum Gasteiger partial charge on any atom is 0.341 e. The van der Waals surface area contributed by atoms with Crippen molar-refractivity contribution < 1.29 is 19.4 Å². The smallest absolute Gasteiger partial charge is 0.341 e. The molecule has 1 unspecified atom stereocenters. The molecule has 4 aliphatic rings. The van der Waals surface area contributed by atoms with Crippen molar-refractivity contribution in [2.45, 2.75) is 84.7 Å². The van der Waals surface area contributed by atoms with Crippen LogP contribution in [0.3, 0.4) is 0 Å². The average molecular weight is 493 g/mol. The van der Waals surface area contributed by atoms with Crippen molar-refractivity contribution in [3.05, 3.63) is 33.8 Å². The molecule has 4 aliphatic carbocycles. The highest BCUT2D eigenvalue weighted by Crippen LogP contribution is 2.74. The molecule has 0 radical (unpaired) electrons. The minimum atomic E-state index is -0.638. The fourth-order valence-electron chi connectivity index (χ4n) is 9.03. The first kappa shape index (κ1) is 23.5. The zero-order valence-electron chi connectivity index (χ0n) is 19.8. The molecule has 5 rings (SSSR count). The van der Waals surface area contributed by atoms with Gasteiger partial charge in [-0.05, 0) is 93.1 Å². The van der Waals surface area contributed by atoms with Crippen LogP contribution >= 0.6 is 23.2 Å². The molecule has 180 valence electrons. The SMILES string of the molecule is C[C@@]12CC[C@@H]3[C@@](CC[C@H]4[C@@]3(C)CCC[C@@]4(C)C(=O)O)(CC1OC(=O)c1c(Cl)cccc1Cl)C2. The molecule has 0 heterocycles. The number of carboxylic acids is 1. The number of ether oxygens (including phenoxy) is 1. The molecule has 0 saturated heterocycles. The van der Waals surface area contributed by atoms with E-state index < -0.39 is 17.4 Å². The third kappa shape index (κ3) is 3.30. The van der Waals surface area contributed by atoms with Crippen LogP contribution in [-0.2, 0) is 9.53 Å². The molecule has 2 bridgehead atoms. The Morgan fingerprint density at radius 1 is 1.00 bits per heavy atom. The molecular weight excluding hydrogens is 459 g/mol. The molecule has 1 N–H and O–H groups in total. The second-order valence-electron chi connectivity index (χ2n) is 12.2. The number of aliphatic carboxylic acids is 1. The number of esters is 1. The van der Waals surface area contributed by atoms with Crippen LogP contribution < -0.4 is 0 Å². The van der Waals surface area contributed by atoms with Crippen molar-refractivity contribution in [3.8, 4) is 0 Å². The highest BCUT2D eigenvalue weighted by atomic mass is 35.5. The maximum atomic E-state index is 13.1. The summed E-state index contributed by atoms with van der Waals surface area (Å²) in [4.78, 5) is 25.5. The quantitative estimate of drug-likeness (QED) is 0.446. The largest absolute Gasteiger partial charge is 0.481 e. The number of halogens is 2. The minimum absolute atomic E-state index is 0.0237. The maximum absolute atomic E-state index is 13.1. The van der Waals surface area contributed by atoms with Gasteiger partial charge in [0.05, 0.1) is 21.0 Å². The van der Waals surface area contributed by atoms with Gasteiger partial charge in [0.2, 0.25) is 0 Å².